The Labute approximate surface area is 187 Å². The fourth-order valence-electron chi connectivity index (χ4n) is 5.18. The summed E-state index contributed by atoms with van der Waals surface area (Å²) in [5, 5.41) is 21.3. The zero-order chi connectivity index (χ0) is 22.5. The van der Waals surface area contributed by atoms with E-state index in [-0.39, 0.29) is 40.9 Å². The predicted molar refractivity (Wildman–Crippen MR) is 123 cm³/mol. The standard InChI is InChI=1S/C25H29NO4S/c1-14-6-8-15(9-7-14)31-24-16-10-11-18(27)23(29)21(16)25(2)13-19(28)20(30-5)12-17(25)22(24)26(3)4/h6-12,17,22,24,27,29H,13H2,1-5H3/t17-,22-,24-,25-/m1/s1. The van der Waals surface area contributed by atoms with E-state index in [9.17, 15) is 15.0 Å². The van der Waals surface area contributed by atoms with Crippen molar-refractivity contribution in [2.45, 2.75) is 41.9 Å². The van der Waals surface area contributed by atoms with Crippen LogP contribution in [0.15, 0.2) is 53.1 Å². The van der Waals surface area contributed by atoms with Gasteiger partial charge in [-0.05, 0) is 50.9 Å². The molecule has 0 amide bonds. The fraction of sp³-hybridized carbons (Fsp3) is 0.400. The van der Waals surface area contributed by atoms with Crippen molar-refractivity contribution in [3.8, 4) is 11.5 Å². The first kappa shape index (κ1) is 21.8. The van der Waals surface area contributed by atoms with Crippen LogP contribution in [-0.4, -0.2) is 48.1 Å². The zero-order valence-electron chi connectivity index (χ0n) is 18.5. The summed E-state index contributed by atoms with van der Waals surface area (Å²) in [5.74, 6) is -0.0826. The molecule has 4 rings (SSSR count). The third-order valence-corrected chi connectivity index (χ3v) is 8.05. The van der Waals surface area contributed by atoms with Gasteiger partial charge in [0.15, 0.2) is 23.0 Å². The molecule has 6 heteroatoms. The second kappa shape index (κ2) is 7.92. The lowest BCUT2D eigenvalue weighted by Gasteiger charge is -2.53. The molecule has 31 heavy (non-hydrogen) atoms. The molecule has 2 aliphatic rings. The molecule has 0 saturated carbocycles. The first-order valence-electron chi connectivity index (χ1n) is 10.4. The van der Waals surface area contributed by atoms with Crippen molar-refractivity contribution in [3.63, 3.8) is 0 Å². The number of fused-ring (bicyclic) bond motifs is 3. The second-order valence-electron chi connectivity index (χ2n) is 8.98. The summed E-state index contributed by atoms with van der Waals surface area (Å²) < 4.78 is 5.41. The Kier molecular flexibility index (Phi) is 5.56. The van der Waals surface area contributed by atoms with Gasteiger partial charge in [-0.3, -0.25) is 4.79 Å². The minimum Gasteiger partial charge on any atom is -0.504 e. The molecule has 0 unspecified atom stereocenters. The summed E-state index contributed by atoms with van der Waals surface area (Å²) in [5.41, 5.74) is 2.17. The largest absolute Gasteiger partial charge is 0.504 e. The van der Waals surface area contributed by atoms with Crippen LogP contribution in [-0.2, 0) is 14.9 Å². The van der Waals surface area contributed by atoms with E-state index in [1.54, 1.807) is 17.8 Å². The summed E-state index contributed by atoms with van der Waals surface area (Å²) in [6, 6.07) is 11.9. The number of nitrogens with zero attached hydrogens (tertiary/aromatic N) is 1. The van der Waals surface area contributed by atoms with E-state index in [2.05, 4.69) is 50.2 Å². The lowest BCUT2D eigenvalue weighted by atomic mass is 9.57. The Morgan fingerprint density at radius 1 is 1.13 bits per heavy atom. The number of carbonyl (C=O) groups is 1. The molecule has 0 bridgehead atoms. The van der Waals surface area contributed by atoms with Gasteiger partial charge in [-0.2, -0.15) is 0 Å². The van der Waals surface area contributed by atoms with Crippen molar-refractivity contribution in [2.24, 2.45) is 5.92 Å². The number of likely N-dealkylation sites (N-methyl/N-ethyl adjacent to an activating group) is 1. The SMILES string of the molecule is COC1=C[C@@H]2[C@@H](N(C)C)[C@H](Sc3ccc(C)cc3)c3ccc(O)c(O)c3[C@]2(C)CC1=O. The van der Waals surface area contributed by atoms with Crippen molar-refractivity contribution in [1.29, 1.82) is 0 Å². The van der Waals surface area contributed by atoms with E-state index in [1.807, 2.05) is 19.1 Å². The van der Waals surface area contributed by atoms with Gasteiger partial charge in [0.05, 0.1) is 12.4 Å². The number of ether oxygens (including phenoxy) is 1. The third kappa shape index (κ3) is 3.52. The molecule has 0 fully saturated rings. The number of benzene rings is 2. The van der Waals surface area contributed by atoms with Crippen LogP contribution in [0.25, 0.3) is 0 Å². The number of allylic oxidation sites excluding steroid dienone is 1. The molecule has 2 aliphatic carbocycles. The van der Waals surface area contributed by atoms with Crippen LogP contribution in [0.5, 0.6) is 11.5 Å². The fourth-order valence-corrected chi connectivity index (χ4v) is 6.65. The van der Waals surface area contributed by atoms with Gasteiger partial charge in [-0.1, -0.05) is 30.7 Å². The molecule has 2 aromatic carbocycles. The van der Waals surface area contributed by atoms with Gasteiger partial charge < -0.3 is 19.8 Å². The second-order valence-corrected chi connectivity index (χ2v) is 10.2. The molecule has 2 aromatic rings. The summed E-state index contributed by atoms with van der Waals surface area (Å²) in [6.45, 7) is 4.08. The molecule has 0 heterocycles. The predicted octanol–water partition coefficient (Wildman–Crippen LogP) is 4.56. The number of hydrogen-bond acceptors (Lipinski definition) is 6. The normalized spacial score (nSPS) is 27.5. The summed E-state index contributed by atoms with van der Waals surface area (Å²) in [7, 11) is 5.63. The van der Waals surface area contributed by atoms with Gasteiger partial charge in [0.1, 0.15) is 0 Å². The molecule has 164 valence electrons. The van der Waals surface area contributed by atoms with Crippen molar-refractivity contribution in [3.05, 3.63) is 64.9 Å². The van der Waals surface area contributed by atoms with Gasteiger partial charge in [-0.15, -0.1) is 11.8 Å². The van der Waals surface area contributed by atoms with Crippen molar-refractivity contribution in [1.82, 2.24) is 4.90 Å². The maximum Gasteiger partial charge on any atom is 0.197 e. The number of aromatic hydroxyl groups is 2. The Balaban J connectivity index is 1.95. The molecular formula is C25H29NO4S. The topological polar surface area (TPSA) is 70.0 Å². The third-order valence-electron chi connectivity index (χ3n) is 6.71. The van der Waals surface area contributed by atoms with Crippen LogP contribution >= 0.6 is 11.8 Å². The number of thioether (sulfide) groups is 1. The smallest absolute Gasteiger partial charge is 0.197 e. The van der Waals surface area contributed by atoms with Crippen LogP contribution in [0.3, 0.4) is 0 Å². The number of phenolic OH excluding ortho intramolecular Hbond substituents is 2. The summed E-state index contributed by atoms with van der Waals surface area (Å²) >= 11 is 1.74. The molecule has 0 spiro atoms. The number of Topliss-reactive ketones (excluding diaryl/α,β-unsaturated/α-hetero) is 1. The van der Waals surface area contributed by atoms with Crippen molar-refractivity contribution < 1.29 is 19.7 Å². The Bertz CT molecular complexity index is 1050. The number of phenols is 2. The molecule has 0 aromatic heterocycles. The highest BCUT2D eigenvalue weighted by atomic mass is 32.2. The molecule has 5 nitrogen and oxygen atoms in total. The Hall–Kier alpha value is -2.44. The lowest BCUT2D eigenvalue weighted by Crippen LogP contribution is -2.54. The minimum atomic E-state index is -0.656. The average Bonchev–Trinajstić information content (AvgIpc) is 2.71. The summed E-state index contributed by atoms with van der Waals surface area (Å²) in [4.78, 5) is 16.1. The van der Waals surface area contributed by atoms with Gasteiger partial charge >= 0.3 is 0 Å². The average molecular weight is 440 g/mol. The number of aryl methyl sites for hydroxylation is 1. The molecule has 2 N–H and O–H groups in total. The highest BCUT2D eigenvalue weighted by molar-refractivity contribution is 7.99. The molecule has 0 aliphatic heterocycles. The van der Waals surface area contributed by atoms with Crippen molar-refractivity contribution in [2.75, 3.05) is 21.2 Å². The Morgan fingerprint density at radius 2 is 1.81 bits per heavy atom. The maximum absolute atomic E-state index is 12.8. The molecule has 4 atom stereocenters. The molecular weight excluding hydrogens is 410 g/mol. The van der Waals surface area contributed by atoms with Crippen LogP contribution in [0, 0.1) is 12.8 Å². The first-order valence-corrected chi connectivity index (χ1v) is 11.3. The van der Waals surface area contributed by atoms with Gasteiger partial charge in [0.2, 0.25) is 0 Å². The van der Waals surface area contributed by atoms with Crippen LogP contribution in [0.1, 0.15) is 35.3 Å². The quantitative estimate of drug-likeness (QED) is 0.681. The van der Waals surface area contributed by atoms with Gasteiger partial charge in [0, 0.05) is 34.3 Å². The zero-order valence-corrected chi connectivity index (χ0v) is 19.4. The van der Waals surface area contributed by atoms with E-state index in [0.717, 1.165) is 10.5 Å². The van der Waals surface area contributed by atoms with Gasteiger partial charge in [0.25, 0.3) is 0 Å². The maximum atomic E-state index is 12.8. The van der Waals surface area contributed by atoms with E-state index in [4.69, 9.17) is 4.74 Å². The van der Waals surface area contributed by atoms with Gasteiger partial charge in [-0.25, -0.2) is 0 Å². The number of methoxy groups -OCH3 is 1. The highest BCUT2D eigenvalue weighted by Gasteiger charge is 2.54. The Morgan fingerprint density at radius 3 is 2.42 bits per heavy atom. The van der Waals surface area contributed by atoms with E-state index in [1.165, 1.54) is 12.7 Å². The number of rotatable bonds is 4. The molecule has 0 saturated heterocycles. The first-order chi connectivity index (χ1) is 14.7. The number of hydrogen-bond donors (Lipinski definition) is 2. The van der Waals surface area contributed by atoms with Crippen molar-refractivity contribution >= 4 is 17.5 Å². The van der Waals surface area contributed by atoms with Crippen LogP contribution in [0.4, 0.5) is 0 Å². The number of carbonyl (C=O) groups excluding carboxylic acids is 1. The minimum absolute atomic E-state index is 0.0140. The highest BCUT2D eigenvalue weighted by Crippen LogP contribution is 2.60. The monoisotopic (exact) mass is 439 g/mol. The van der Waals surface area contributed by atoms with E-state index >= 15 is 0 Å². The number of ketones is 1. The van der Waals surface area contributed by atoms with Crippen LogP contribution in [0.2, 0.25) is 0 Å². The summed E-state index contributed by atoms with van der Waals surface area (Å²) in [6.07, 6.45) is 2.14. The lowest BCUT2D eigenvalue weighted by molar-refractivity contribution is -0.121. The van der Waals surface area contributed by atoms with Crippen LogP contribution < -0.4 is 0 Å². The molecule has 0 radical (unpaired) electrons. The van der Waals surface area contributed by atoms with E-state index in [0.29, 0.717) is 11.3 Å². The van der Waals surface area contributed by atoms with E-state index < -0.39 is 5.41 Å².